The number of aryl methyl sites for hydroxylation is 1. The van der Waals surface area contributed by atoms with Crippen LogP contribution in [0.3, 0.4) is 0 Å². The molecule has 2 N–H and O–H groups in total. The van der Waals surface area contributed by atoms with Crippen molar-refractivity contribution in [1.82, 2.24) is 14.8 Å². The second-order valence-corrected chi connectivity index (χ2v) is 6.72. The number of halogens is 1. The number of amides is 2. The van der Waals surface area contributed by atoms with E-state index in [1.165, 1.54) is 4.68 Å². The topological polar surface area (TPSA) is 88.9 Å². The largest absolute Gasteiger partial charge is 0.324 e. The minimum atomic E-state index is -0.776. The smallest absolute Gasteiger partial charge is 0.249 e. The zero-order chi connectivity index (χ0) is 19.0. The number of nitrogens with one attached hydrogen (secondary N) is 2. The summed E-state index contributed by atoms with van der Waals surface area (Å²) in [5.41, 5.74) is 2.38. The third-order valence-electron chi connectivity index (χ3n) is 4.36. The van der Waals surface area contributed by atoms with Crippen molar-refractivity contribution in [2.75, 3.05) is 10.6 Å². The lowest BCUT2D eigenvalue weighted by atomic mass is 10.1. The molecule has 4 rings (SSSR count). The van der Waals surface area contributed by atoms with Gasteiger partial charge in [-0.15, -0.1) is 5.10 Å². The van der Waals surface area contributed by atoms with Gasteiger partial charge in [0.1, 0.15) is 6.04 Å². The van der Waals surface area contributed by atoms with Crippen LogP contribution in [0.15, 0.2) is 48.5 Å². The Labute approximate surface area is 160 Å². The Balaban J connectivity index is 1.66. The molecule has 1 aliphatic heterocycles. The molecule has 0 bridgehead atoms. The van der Waals surface area contributed by atoms with E-state index in [0.29, 0.717) is 16.5 Å². The molecule has 2 aromatic carbocycles. The quantitative estimate of drug-likeness (QED) is 0.727. The Morgan fingerprint density at radius 3 is 2.70 bits per heavy atom. The van der Waals surface area contributed by atoms with E-state index in [2.05, 4.69) is 20.7 Å². The number of anilines is 2. The van der Waals surface area contributed by atoms with Crippen molar-refractivity contribution in [3.8, 4) is 11.4 Å². The van der Waals surface area contributed by atoms with E-state index < -0.39 is 6.04 Å². The van der Waals surface area contributed by atoms with Gasteiger partial charge in [0.25, 0.3) is 0 Å². The van der Waals surface area contributed by atoms with Gasteiger partial charge in [-0.25, -0.2) is 4.68 Å². The summed E-state index contributed by atoms with van der Waals surface area (Å²) in [6, 6.07) is 13.7. The number of hydrogen-bond acceptors (Lipinski definition) is 4. The van der Waals surface area contributed by atoms with Gasteiger partial charge >= 0.3 is 0 Å². The van der Waals surface area contributed by atoms with Crippen molar-refractivity contribution in [3.05, 3.63) is 59.1 Å². The minimum Gasteiger partial charge on any atom is -0.324 e. The van der Waals surface area contributed by atoms with Gasteiger partial charge in [0, 0.05) is 16.3 Å². The molecule has 0 unspecified atom stereocenters. The average Bonchev–Trinajstić information content (AvgIpc) is 3.07. The van der Waals surface area contributed by atoms with Crippen LogP contribution < -0.4 is 10.6 Å². The van der Waals surface area contributed by atoms with Crippen molar-refractivity contribution in [3.63, 3.8) is 0 Å². The highest BCUT2D eigenvalue weighted by atomic mass is 35.5. The zero-order valence-electron chi connectivity index (χ0n) is 14.4. The van der Waals surface area contributed by atoms with Gasteiger partial charge < -0.3 is 5.32 Å². The van der Waals surface area contributed by atoms with E-state index >= 15 is 0 Å². The molecule has 136 valence electrons. The first-order valence-corrected chi connectivity index (χ1v) is 8.78. The third-order valence-corrected chi connectivity index (χ3v) is 4.62. The molecule has 1 aliphatic rings. The number of fused-ring (bicyclic) bond motifs is 1. The first-order valence-electron chi connectivity index (χ1n) is 8.40. The number of para-hydroxylation sites is 1. The first kappa shape index (κ1) is 17.2. The monoisotopic (exact) mass is 381 g/mol. The number of hydrogen-bond donors (Lipinski definition) is 2. The van der Waals surface area contributed by atoms with Gasteiger partial charge in [0.2, 0.25) is 17.8 Å². The van der Waals surface area contributed by atoms with E-state index in [1.54, 1.807) is 24.3 Å². The molecule has 2 heterocycles. The Morgan fingerprint density at radius 2 is 1.96 bits per heavy atom. The van der Waals surface area contributed by atoms with E-state index in [4.69, 9.17) is 11.6 Å². The summed E-state index contributed by atoms with van der Waals surface area (Å²) in [6.07, 6.45) is -0.00582. The molecule has 0 radical (unpaired) electrons. The predicted molar refractivity (Wildman–Crippen MR) is 103 cm³/mol. The van der Waals surface area contributed by atoms with Crippen LogP contribution in [0.1, 0.15) is 18.0 Å². The molecule has 0 spiro atoms. The number of benzene rings is 2. The molecular weight excluding hydrogens is 366 g/mol. The summed E-state index contributed by atoms with van der Waals surface area (Å²) in [5, 5.41) is 10.6. The fraction of sp³-hybridized carbons (Fsp3) is 0.158. The van der Waals surface area contributed by atoms with Crippen molar-refractivity contribution in [1.29, 1.82) is 0 Å². The van der Waals surface area contributed by atoms with Crippen LogP contribution in [0.2, 0.25) is 5.02 Å². The lowest BCUT2D eigenvalue weighted by Crippen LogP contribution is -2.36. The summed E-state index contributed by atoms with van der Waals surface area (Å²) < 4.78 is 1.46. The van der Waals surface area contributed by atoms with Crippen LogP contribution in [-0.2, 0) is 9.59 Å². The lowest BCUT2D eigenvalue weighted by Gasteiger charge is -2.22. The van der Waals surface area contributed by atoms with Crippen LogP contribution >= 0.6 is 11.6 Å². The molecule has 27 heavy (non-hydrogen) atoms. The SMILES string of the molecule is Cc1ccccc1NC(=O)[C@H]1CC(=O)Nc2nc(-c3ccc(Cl)cc3)nn21. The van der Waals surface area contributed by atoms with Crippen molar-refractivity contribution >= 4 is 35.1 Å². The second kappa shape index (κ2) is 6.85. The summed E-state index contributed by atoms with van der Waals surface area (Å²) >= 11 is 5.92. The molecule has 0 saturated carbocycles. The molecule has 1 atom stereocenters. The van der Waals surface area contributed by atoms with Crippen LogP contribution in [-0.4, -0.2) is 26.6 Å². The fourth-order valence-electron chi connectivity index (χ4n) is 2.92. The van der Waals surface area contributed by atoms with Gasteiger partial charge in [0.05, 0.1) is 6.42 Å². The Hall–Kier alpha value is -3.19. The van der Waals surface area contributed by atoms with Gasteiger partial charge in [0.15, 0.2) is 5.82 Å². The number of carbonyl (C=O) groups excluding carboxylic acids is 2. The lowest BCUT2D eigenvalue weighted by molar-refractivity contribution is -0.125. The van der Waals surface area contributed by atoms with Crippen molar-refractivity contribution < 1.29 is 9.59 Å². The molecule has 3 aromatic rings. The van der Waals surface area contributed by atoms with Gasteiger partial charge in [-0.3, -0.25) is 14.9 Å². The normalized spacial score (nSPS) is 15.8. The maximum Gasteiger partial charge on any atom is 0.249 e. The van der Waals surface area contributed by atoms with Gasteiger partial charge in [-0.05, 0) is 42.8 Å². The number of aromatic nitrogens is 3. The standard InChI is InChI=1S/C19H16ClN5O2/c1-11-4-2-3-5-14(11)21-18(27)15-10-16(26)22-19-23-17(24-25(15)19)12-6-8-13(20)9-7-12/h2-9,15H,10H2,1H3,(H,21,27)(H,22,23,24,26)/t15-/m1/s1. The molecule has 8 heteroatoms. The molecule has 0 fully saturated rings. The highest BCUT2D eigenvalue weighted by Gasteiger charge is 2.33. The first-order chi connectivity index (χ1) is 13.0. The van der Waals surface area contributed by atoms with E-state index in [-0.39, 0.29) is 24.2 Å². The van der Waals surface area contributed by atoms with Crippen molar-refractivity contribution in [2.24, 2.45) is 0 Å². The molecular formula is C19H16ClN5O2. The van der Waals surface area contributed by atoms with Crippen LogP contribution in [0.5, 0.6) is 0 Å². The number of nitrogens with zero attached hydrogens (tertiary/aromatic N) is 3. The maximum atomic E-state index is 12.8. The number of carbonyl (C=O) groups is 2. The van der Waals surface area contributed by atoms with E-state index in [0.717, 1.165) is 11.1 Å². The summed E-state index contributed by atoms with van der Waals surface area (Å²) in [5.74, 6) is 0.0779. The van der Waals surface area contributed by atoms with E-state index in [9.17, 15) is 9.59 Å². The highest BCUT2D eigenvalue weighted by molar-refractivity contribution is 6.30. The zero-order valence-corrected chi connectivity index (χ0v) is 15.2. The summed E-state index contributed by atoms with van der Waals surface area (Å²) in [7, 11) is 0. The van der Waals surface area contributed by atoms with E-state index in [1.807, 2.05) is 31.2 Å². The molecule has 0 aliphatic carbocycles. The Kier molecular flexibility index (Phi) is 4.37. The predicted octanol–water partition coefficient (Wildman–Crippen LogP) is 3.43. The average molecular weight is 382 g/mol. The summed E-state index contributed by atoms with van der Waals surface area (Å²) in [4.78, 5) is 29.2. The molecule has 2 amide bonds. The number of rotatable bonds is 3. The fourth-order valence-corrected chi connectivity index (χ4v) is 3.04. The van der Waals surface area contributed by atoms with Crippen molar-refractivity contribution in [2.45, 2.75) is 19.4 Å². The minimum absolute atomic E-state index is 0.00582. The Morgan fingerprint density at radius 1 is 1.22 bits per heavy atom. The summed E-state index contributed by atoms with van der Waals surface area (Å²) in [6.45, 7) is 1.91. The Bertz CT molecular complexity index is 1030. The molecule has 1 aromatic heterocycles. The van der Waals surface area contributed by atoms with Crippen LogP contribution in [0.25, 0.3) is 11.4 Å². The second-order valence-electron chi connectivity index (χ2n) is 6.28. The van der Waals surface area contributed by atoms with Crippen LogP contribution in [0.4, 0.5) is 11.6 Å². The third kappa shape index (κ3) is 3.41. The van der Waals surface area contributed by atoms with Gasteiger partial charge in [-0.2, -0.15) is 4.98 Å². The van der Waals surface area contributed by atoms with Gasteiger partial charge in [-0.1, -0.05) is 29.8 Å². The maximum absolute atomic E-state index is 12.8. The van der Waals surface area contributed by atoms with Crippen LogP contribution in [0, 0.1) is 6.92 Å². The highest BCUT2D eigenvalue weighted by Crippen LogP contribution is 2.28. The molecule has 7 nitrogen and oxygen atoms in total. The molecule has 0 saturated heterocycles.